The fraction of sp³-hybridized carbons (Fsp3) is 0.0370. The van der Waals surface area contributed by atoms with Crippen molar-refractivity contribution >= 4 is 38.7 Å². The highest BCUT2D eigenvalue weighted by Crippen LogP contribution is 2.40. The normalized spacial score (nSPS) is 12.6. The van der Waals surface area contributed by atoms with Gasteiger partial charge in [0.05, 0.1) is 27.1 Å². The number of hydrogen-bond donors (Lipinski definition) is 2. The van der Waals surface area contributed by atoms with Gasteiger partial charge in [-0.25, -0.2) is 0 Å². The van der Waals surface area contributed by atoms with E-state index >= 15 is 0 Å². The third-order valence-electron chi connectivity index (χ3n) is 6.03. The molecule has 0 bridgehead atoms. The topological polar surface area (TPSA) is 136 Å². The largest absolute Gasteiger partial charge is 0.397 e. The van der Waals surface area contributed by atoms with Crippen molar-refractivity contribution in [2.24, 2.45) is 4.58 Å². The number of sulfonamides is 1. The summed E-state index contributed by atoms with van der Waals surface area (Å²) in [6.45, 7) is 0. The quantitative estimate of drug-likeness (QED) is 0.253. The summed E-state index contributed by atoms with van der Waals surface area (Å²) in [5.74, 6) is -1.10. The van der Waals surface area contributed by atoms with E-state index in [0.29, 0.717) is 12.1 Å². The number of nitrogens with one attached hydrogen (secondary N) is 1. The maximum atomic E-state index is 13.5. The summed E-state index contributed by atoms with van der Waals surface area (Å²) in [5.41, 5.74) is 8.18. The zero-order valence-corrected chi connectivity index (χ0v) is 19.6. The number of rotatable bonds is 6. The fourth-order valence-corrected chi connectivity index (χ4v) is 5.12. The van der Waals surface area contributed by atoms with Gasteiger partial charge in [0.15, 0.2) is 11.6 Å². The summed E-state index contributed by atoms with van der Waals surface area (Å²) in [4.78, 5) is 37.3. The van der Waals surface area contributed by atoms with Gasteiger partial charge in [-0.3, -0.25) is 9.59 Å². The average molecular weight is 498 g/mol. The molecule has 36 heavy (non-hydrogen) atoms. The molecule has 0 aromatic heterocycles. The van der Waals surface area contributed by atoms with Crippen molar-refractivity contribution in [1.29, 1.82) is 0 Å². The Hall–Kier alpha value is -4.63. The molecule has 0 radical (unpaired) electrons. The van der Waals surface area contributed by atoms with E-state index in [2.05, 4.69) is 9.90 Å². The molecule has 0 saturated carbocycles. The molecule has 0 fully saturated rings. The molecule has 5 rings (SSSR count). The second-order valence-corrected chi connectivity index (χ2v) is 9.87. The van der Waals surface area contributed by atoms with Crippen LogP contribution in [0.4, 0.5) is 17.1 Å². The lowest BCUT2D eigenvalue weighted by molar-refractivity contribution is 0.0980. The van der Waals surface area contributed by atoms with Gasteiger partial charge in [0.2, 0.25) is 0 Å². The first-order chi connectivity index (χ1) is 17.3. The van der Waals surface area contributed by atoms with Crippen LogP contribution in [0.3, 0.4) is 0 Å². The summed E-state index contributed by atoms with van der Waals surface area (Å²) in [7, 11) is -4.70. The number of fused-ring (bicyclic) bond motifs is 2. The van der Waals surface area contributed by atoms with E-state index in [4.69, 9.17) is 5.73 Å². The van der Waals surface area contributed by atoms with Gasteiger partial charge in [-0.15, -0.1) is 4.91 Å². The number of nitrogen functional groups attached to an aromatic ring is 1. The van der Waals surface area contributed by atoms with Gasteiger partial charge in [-0.2, -0.15) is 8.42 Å². The molecule has 9 heteroatoms. The van der Waals surface area contributed by atoms with E-state index in [1.807, 2.05) is 48.5 Å². The van der Waals surface area contributed by atoms with E-state index in [-0.39, 0.29) is 27.9 Å². The van der Waals surface area contributed by atoms with Crippen LogP contribution in [0, 0.1) is 4.91 Å². The number of carbonyl (C=O) groups excluding carboxylic acids is 2. The lowest BCUT2D eigenvalue weighted by atomic mass is 9.82. The molecule has 0 amide bonds. The van der Waals surface area contributed by atoms with Crippen molar-refractivity contribution in [2.75, 3.05) is 11.1 Å². The molecule has 0 atom stereocenters. The number of nitrogens with two attached hydrogens (primary N) is 1. The molecular weight excluding hydrogens is 478 g/mol. The van der Waals surface area contributed by atoms with Crippen LogP contribution in [0.15, 0.2) is 94.4 Å². The molecule has 0 saturated heterocycles. The molecule has 178 valence electrons. The number of nitroso groups, excluding NO2 is 1. The van der Waals surface area contributed by atoms with Crippen LogP contribution in [0.1, 0.15) is 43.0 Å². The molecule has 3 N–H and O–H groups in total. The van der Waals surface area contributed by atoms with Crippen LogP contribution < -0.4 is 11.1 Å². The van der Waals surface area contributed by atoms with Crippen LogP contribution in [-0.4, -0.2) is 20.0 Å². The fourth-order valence-electron chi connectivity index (χ4n) is 4.39. The third-order valence-corrected chi connectivity index (χ3v) is 7.12. The molecule has 8 nitrogen and oxygen atoms in total. The Morgan fingerprint density at radius 2 is 1.36 bits per heavy atom. The molecule has 1 aliphatic rings. The van der Waals surface area contributed by atoms with E-state index in [1.165, 1.54) is 12.1 Å². The van der Waals surface area contributed by atoms with Gasteiger partial charge in [0.1, 0.15) is 4.90 Å². The lowest BCUT2D eigenvalue weighted by Crippen LogP contribution is -2.25. The van der Waals surface area contributed by atoms with Crippen LogP contribution in [0.2, 0.25) is 0 Å². The van der Waals surface area contributed by atoms with Crippen LogP contribution in [0.25, 0.3) is 0 Å². The second kappa shape index (κ2) is 8.86. The van der Waals surface area contributed by atoms with Crippen molar-refractivity contribution < 1.29 is 18.0 Å². The van der Waals surface area contributed by atoms with Gasteiger partial charge in [-0.1, -0.05) is 66.7 Å². The highest BCUT2D eigenvalue weighted by molar-refractivity contribution is 7.90. The van der Waals surface area contributed by atoms with Gasteiger partial charge < -0.3 is 11.1 Å². The van der Waals surface area contributed by atoms with Crippen molar-refractivity contribution in [3.05, 3.63) is 123 Å². The SMILES string of the molecule is Nc1c(S(=O)(=O)N=O)cc(Nc2cccc(Cc3ccccc3)c2)c2c1C(=O)c1ccccc1C2=O. The zero-order valence-electron chi connectivity index (χ0n) is 18.8. The van der Waals surface area contributed by atoms with Crippen molar-refractivity contribution in [3.8, 4) is 0 Å². The molecule has 0 aliphatic heterocycles. The average Bonchev–Trinajstić information content (AvgIpc) is 2.88. The van der Waals surface area contributed by atoms with Crippen molar-refractivity contribution in [1.82, 2.24) is 0 Å². The Bertz CT molecular complexity index is 1660. The summed E-state index contributed by atoms with van der Waals surface area (Å²) < 4.78 is 27.1. The predicted molar refractivity (Wildman–Crippen MR) is 136 cm³/mol. The molecule has 0 spiro atoms. The Morgan fingerprint density at radius 3 is 2.03 bits per heavy atom. The number of nitrogens with zero attached hydrogens (tertiary/aromatic N) is 1. The Labute approximate surface area is 206 Å². The number of hydrogen-bond acceptors (Lipinski definition) is 7. The van der Waals surface area contributed by atoms with E-state index in [1.54, 1.807) is 18.2 Å². The summed E-state index contributed by atoms with van der Waals surface area (Å²) in [6, 6.07) is 24.5. The smallest absolute Gasteiger partial charge is 0.319 e. The Kier molecular flexibility index (Phi) is 5.69. The standard InChI is InChI=1S/C27H19N3O5S/c28-25-22(36(34,35)30-33)15-21(23-24(25)27(32)20-12-5-4-11-19(20)26(23)31)29-18-10-6-9-17(14-18)13-16-7-2-1-3-8-16/h1-12,14-15,29H,13,28H2. The maximum absolute atomic E-state index is 13.5. The molecule has 1 aliphatic carbocycles. The first-order valence-electron chi connectivity index (χ1n) is 10.9. The summed E-state index contributed by atoms with van der Waals surface area (Å²) in [6.07, 6.45) is 0.648. The minimum atomic E-state index is -4.70. The molecule has 0 heterocycles. The Balaban J connectivity index is 1.66. The number of ketones is 2. The maximum Gasteiger partial charge on any atom is 0.319 e. The van der Waals surface area contributed by atoms with Gasteiger partial charge in [-0.05, 0) is 35.7 Å². The first-order valence-corrected chi connectivity index (χ1v) is 12.4. The van der Waals surface area contributed by atoms with Gasteiger partial charge >= 0.3 is 10.0 Å². The lowest BCUT2D eigenvalue weighted by Gasteiger charge is -2.23. The number of anilines is 3. The van der Waals surface area contributed by atoms with E-state index in [9.17, 15) is 22.9 Å². The van der Waals surface area contributed by atoms with Crippen LogP contribution in [-0.2, 0) is 16.4 Å². The van der Waals surface area contributed by atoms with E-state index < -0.39 is 32.2 Å². The van der Waals surface area contributed by atoms with Gasteiger partial charge in [0.25, 0.3) is 0 Å². The number of carbonyl (C=O) groups is 2. The Morgan fingerprint density at radius 1 is 0.750 bits per heavy atom. The number of benzene rings is 4. The van der Waals surface area contributed by atoms with Gasteiger partial charge in [0, 0.05) is 16.8 Å². The predicted octanol–water partition coefficient (Wildman–Crippen LogP) is 4.83. The van der Waals surface area contributed by atoms with Crippen molar-refractivity contribution in [3.63, 3.8) is 0 Å². The molecular formula is C27H19N3O5S. The first kappa shape index (κ1) is 23.1. The van der Waals surface area contributed by atoms with Crippen molar-refractivity contribution in [2.45, 2.75) is 11.3 Å². The minimum absolute atomic E-state index is 0.0335. The van der Waals surface area contributed by atoms with Crippen LogP contribution >= 0.6 is 0 Å². The highest BCUT2D eigenvalue weighted by Gasteiger charge is 2.37. The molecule has 4 aromatic carbocycles. The highest BCUT2D eigenvalue weighted by atomic mass is 32.2. The molecule has 4 aromatic rings. The second-order valence-electron chi connectivity index (χ2n) is 8.33. The van der Waals surface area contributed by atoms with E-state index in [0.717, 1.165) is 17.2 Å². The summed E-state index contributed by atoms with van der Waals surface area (Å²) >= 11 is 0. The monoisotopic (exact) mass is 497 g/mol. The van der Waals surface area contributed by atoms with Crippen LogP contribution in [0.5, 0.6) is 0 Å². The zero-order chi connectivity index (χ0) is 25.4. The molecule has 0 unspecified atom stereocenters. The minimum Gasteiger partial charge on any atom is -0.397 e. The summed E-state index contributed by atoms with van der Waals surface area (Å²) in [5, 5.41) is 3.07. The third kappa shape index (κ3) is 3.95.